The standard InChI is InChI=1S/C18H15N3O3S/c22-18(10-13-20-12-5-11-19-20)21-14-6-1-3-8-16(14)25(23,24)17-9-4-2-7-15(17)21/h1-9,11-12H,10,13H2. The van der Waals surface area contributed by atoms with Crippen LogP contribution in [0.15, 0.2) is 76.8 Å². The summed E-state index contributed by atoms with van der Waals surface area (Å²) < 4.78 is 27.4. The van der Waals surface area contributed by atoms with Gasteiger partial charge >= 0.3 is 0 Å². The predicted octanol–water partition coefficient (Wildman–Crippen LogP) is 2.78. The van der Waals surface area contributed by atoms with Gasteiger partial charge in [-0.2, -0.15) is 5.10 Å². The number of nitrogens with zero attached hydrogens (tertiary/aromatic N) is 3. The van der Waals surface area contributed by atoms with E-state index in [1.54, 1.807) is 59.5 Å². The Kier molecular flexibility index (Phi) is 3.65. The van der Waals surface area contributed by atoms with Gasteiger partial charge in [0.25, 0.3) is 0 Å². The third kappa shape index (κ3) is 2.53. The Balaban J connectivity index is 1.79. The minimum absolute atomic E-state index is 0.154. The molecule has 0 spiro atoms. The number of fused-ring (bicyclic) bond motifs is 2. The van der Waals surface area contributed by atoms with Crippen molar-refractivity contribution in [3.05, 3.63) is 67.0 Å². The molecule has 0 radical (unpaired) electrons. The van der Waals surface area contributed by atoms with Gasteiger partial charge in [0, 0.05) is 25.4 Å². The maximum atomic E-state index is 12.9. The molecule has 1 aliphatic rings. The van der Waals surface area contributed by atoms with E-state index in [-0.39, 0.29) is 22.1 Å². The van der Waals surface area contributed by atoms with Crippen LogP contribution in [0.4, 0.5) is 11.4 Å². The molecule has 0 saturated carbocycles. The molecule has 6 nitrogen and oxygen atoms in total. The number of anilines is 2. The number of sulfone groups is 1. The molecule has 1 aliphatic heterocycles. The molecule has 2 heterocycles. The van der Waals surface area contributed by atoms with E-state index in [4.69, 9.17) is 0 Å². The van der Waals surface area contributed by atoms with Gasteiger partial charge < -0.3 is 0 Å². The van der Waals surface area contributed by atoms with Crippen LogP contribution < -0.4 is 4.90 Å². The summed E-state index contributed by atoms with van der Waals surface area (Å²) in [5.74, 6) is -0.176. The highest BCUT2D eigenvalue weighted by Gasteiger charge is 2.36. The van der Waals surface area contributed by atoms with Gasteiger partial charge in [-0.1, -0.05) is 24.3 Å². The molecule has 0 bridgehead atoms. The van der Waals surface area contributed by atoms with Gasteiger partial charge in [-0.25, -0.2) is 8.42 Å². The zero-order valence-electron chi connectivity index (χ0n) is 13.2. The Bertz CT molecular complexity index is 989. The Labute approximate surface area is 145 Å². The smallest absolute Gasteiger partial charge is 0.233 e. The first-order chi connectivity index (χ1) is 12.1. The number of rotatable bonds is 3. The van der Waals surface area contributed by atoms with E-state index in [0.29, 0.717) is 17.9 Å². The number of benzene rings is 2. The number of carbonyl (C=O) groups is 1. The maximum Gasteiger partial charge on any atom is 0.233 e. The van der Waals surface area contributed by atoms with Crippen molar-refractivity contribution in [1.82, 2.24) is 9.78 Å². The highest BCUT2D eigenvalue weighted by Crippen LogP contribution is 2.44. The van der Waals surface area contributed by atoms with Gasteiger partial charge in [-0.05, 0) is 30.3 Å². The van der Waals surface area contributed by atoms with Crippen molar-refractivity contribution in [3.8, 4) is 0 Å². The highest BCUT2D eigenvalue weighted by molar-refractivity contribution is 7.92. The van der Waals surface area contributed by atoms with E-state index in [1.807, 2.05) is 0 Å². The number of para-hydroxylation sites is 2. The summed E-state index contributed by atoms with van der Waals surface area (Å²) >= 11 is 0. The second-order valence-corrected chi connectivity index (χ2v) is 7.57. The molecular weight excluding hydrogens is 338 g/mol. The average molecular weight is 353 g/mol. The number of hydrogen-bond acceptors (Lipinski definition) is 4. The highest BCUT2D eigenvalue weighted by atomic mass is 32.2. The quantitative estimate of drug-likeness (QED) is 0.726. The second-order valence-electron chi connectivity index (χ2n) is 5.69. The van der Waals surface area contributed by atoms with Crippen LogP contribution in [0.1, 0.15) is 6.42 Å². The molecule has 0 atom stereocenters. The Hall–Kier alpha value is -2.93. The Morgan fingerprint density at radius 2 is 1.52 bits per heavy atom. The molecule has 25 heavy (non-hydrogen) atoms. The van der Waals surface area contributed by atoms with Crippen LogP contribution in [-0.4, -0.2) is 24.1 Å². The Morgan fingerprint density at radius 3 is 2.08 bits per heavy atom. The normalized spacial score (nSPS) is 14.6. The fraction of sp³-hybridized carbons (Fsp3) is 0.111. The summed E-state index contributed by atoms with van der Waals surface area (Å²) in [5.41, 5.74) is 0.790. The average Bonchev–Trinajstić information content (AvgIpc) is 3.14. The summed E-state index contributed by atoms with van der Waals surface area (Å²) in [6, 6.07) is 15.0. The molecule has 7 heteroatoms. The van der Waals surface area contributed by atoms with Crippen molar-refractivity contribution in [1.29, 1.82) is 0 Å². The van der Waals surface area contributed by atoms with E-state index < -0.39 is 9.84 Å². The number of carbonyl (C=O) groups excluding carboxylic acids is 1. The molecule has 3 aromatic rings. The van der Waals surface area contributed by atoms with Gasteiger partial charge in [0.1, 0.15) is 0 Å². The molecule has 0 fully saturated rings. The first-order valence-electron chi connectivity index (χ1n) is 7.82. The van der Waals surface area contributed by atoms with Crippen LogP contribution in [0, 0.1) is 0 Å². The predicted molar refractivity (Wildman–Crippen MR) is 92.3 cm³/mol. The largest absolute Gasteiger partial charge is 0.278 e. The molecule has 4 rings (SSSR count). The lowest BCUT2D eigenvalue weighted by atomic mass is 10.2. The third-order valence-electron chi connectivity index (χ3n) is 4.15. The van der Waals surface area contributed by atoms with E-state index in [1.165, 1.54) is 17.0 Å². The second kappa shape index (κ2) is 5.86. The fourth-order valence-corrected chi connectivity index (χ4v) is 4.63. The van der Waals surface area contributed by atoms with Crippen LogP contribution in [0.25, 0.3) is 0 Å². The summed E-state index contributed by atoms with van der Waals surface area (Å²) in [6.45, 7) is 0.430. The lowest BCUT2D eigenvalue weighted by Crippen LogP contribution is -2.32. The number of aryl methyl sites for hydroxylation is 1. The minimum Gasteiger partial charge on any atom is -0.278 e. The van der Waals surface area contributed by atoms with E-state index >= 15 is 0 Å². The number of aromatic nitrogens is 2. The van der Waals surface area contributed by atoms with Gasteiger partial charge in [-0.15, -0.1) is 0 Å². The monoisotopic (exact) mass is 353 g/mol. The van der Waals surface area contributed by atoms with Crippen molar-refractivity contribution in [2.24, 2.45) is 0 Å². The molecule has 0 aliphatic carbocycles. The summed E-state index contributed by atoms with van der Waals surface area (Å²) in [5, 5.41) is 4.10. The molecule has 1 amide bonds. The van der Waals surface area contributed by atoms with E-state index in [0.717, 1.165) is 0 Å². The van der Waals surface area contributed by atoms with Crippen LogP contribution >= 0.6 is 0 Å². The summed E-state index contributed by atoms with van der Waals surface area (Å²) in [4.78, 5) is 14.7. The van der Waals surface area contributed by atoms with Gasteiger partial charge in [0.05, 0.1) is 21.2 Å². The molecular formula is C18H15N3O3S. The van der Waals surface area contributed by atoms with Crippen molar-refractivity contribution < 1.29 is 13.2 Å². The van der Waals surface area contributed by atoms with Crippen LogP contribution in [0.3, 0.4) is 0 Å². The first kappa shape index (κ1) is 15.6. The van der Waals surface area contributed by atoms with Gasteiger partial charge in [-0.3, -0.25) is 14.4 Å². The molecule has 1 aromatic heterocycles. The van der Waals surface area contributed by atoms with Crippen LogP contribution in [-0.2, 0) is 21.2 Å². The van der Waals surface area contributed by atoms with Gasteiger partial charge in [0.2, 0.25) is 15.7 Å². The number of amides is 1. The zero-order valence-corrected chi connectivity index (χ0v) is 14.1. The SMILES string of the molecule is O=C(CCn1cccn1)N1c2ccccc2S(=O)(=O)c2ccccc21. The topological polar surface area (TPSA) is 72.3 Å². The lowest BCUT2D eigenvalue weighted by Gasteiger charge is -2.31. The maximum absolute atomic E-state index is 12.9. The fourth-order valence-electron chi connectivity index (χ4n) is 3.01. The lowest BCUT2D eigenvalue weighted by molar-refractivity contribution is -0.118. The van der Waals surface area contributed by atoms with Gasteiger partial charge in [0.15, 0.2) is 0 Å². The van der Waals surface area contributed by atoms with Crippen LogP contribution in [0.5, 0.6) is 0 Å². The van der Waals surface area contributed by atoms with E-state index in [2.05, 4.69) is 5.10 Å². The minimum atomic E-state index is -3.64. The molecule has 0 N–H and O–H groups in total. The summed E-state index contributed by atoms with van der Waals surface area (Å²) in [6.07, 6.45) is 3.66. The molecule has 0 unspecified atom stereocenters. The van der Waals surface area contributed by atoms with Crippen LogP contribution in [0.2, 0.25) is 0 Å². The zero-order chi connectivity index (χ0) is 17.4. The van der Waals surface area contributed by atoms with Crippen molar-refractivity contribution in [3.63, 3.8) is 0 Å². The van der Waals surface area contributed by atoms with Crippen molar-refractivity contribution in [2.45, 2.75) is 22.8 Å². The van der Waals surface area contributed by atoms with Crippen molar-refractivity contribution in [2.75, 3.05) is 4.90 Å². The Morgan fingerprint density at radius 1 is 0.920 bits per heavy atom. The molecule has 2 aromatic carbocycles. The molecule has 0 saturated heterocycles. The van der Waals surface area contributed by atoms with Crippen molar-refractivity contribution >= 4 is 27.1 Å². The molecule has 126 valence electrons. The summed E-state index contributed by atoms with van der Waals surface area (Å²) in [7, 11) is -3.64. The third-order valence-corrected chi connectivity index (χ3v) is 6.00. The number of hydrogen-bond donors (Lipinski definition) is 0. The first-order valence-corrected chi connectivity index (χ1v) is 9.31. The van der Waals surface area contributed by atoms with E-state index in [9.17, 15) is 13.2 Å².